The van der Waals surface area contributed by atoms with Crippen molar-refractivity contribution in [1.29, 1.82) is 0 Å². The van der Waals surface area contributed by atoms with E-state index in [4.69, 9.17) is 16.7 Å². The number of nitrogens with zero attached hydrogens (tertiary/aromatic N) is 2. The van der Waals surface area contributed by atoms with E-state index in [2.05, 4.69) is 5.10 Å². The van der Waals surface area contributed by atoms with Crippen LogP contribution in [-0.2, 0) is 7.05 Å². The molecule has 2 aromatic rings. The van der Waals surface area contributed by atoms with Gasteiger partial charge in [-0.1, -0.05) is 17.7 Å². The molecule has 0 fully saturated rings. The van der Waals surface area contributed by atoms with Crippen LogP contribution < -0.4 is 0 Å². The number of carbonyl (C=O) groups is 1. The minimum Gasteiger partial charge on any atom is -0.478 e. The number of hydrogen-bond donors (Lipinski definition) is 1. The Kier molecular flexibility index (Phi) is 2.90. The van der Waals surface area contributed by atoms with Gasteiger partial charge in [-0.15, -0.1) is 0 Å². The van der Waals surface area contributed by atoms with Crippen molar-refractivity contribution in [2.45, 2.75) is 6.92 Å². The molecule has 5 heteroatoms. The molecule has 1 heterocycles. The Morgan fingerprint density at radius 2 is 2.12 bits per heavy atom. The van der Waals surface area contributed by atoms with Crippen molar-refractivity contribution in [2.75, 3.05) is 0 Å². The molecule has 0 aliphatic carbocycles. The van der Waals surface area contributed by atoms with Crippen LogP contribution >= 0.6 is 11.6 Å². The van der Waals surface area contributed by atoms with Crippen LogP contribution in [0.2, 0.25) is 5.02 Å². The van der Waals surface area contributed by atoms with Crippen LogP contribution in [0.15, 0.2) is 24.4 Å². The second-order valence-corrected chi connectivity index (χ2v) is 4.21. The average Bonchev–Trinajstić information content (AvgIpc) is 2.57. The summed E-state index contributed by atoms with van der Waals surface area (Å²) in [5, 5.41) is 13.5. The van der Waals surface area contributed by atoms with Gasteiger partial charge in [-0.05, 0) is 19.1 Å². The standard InChI is InChI=1S/C12H11ClN2O2/c1-7-10(6-15(2)14-7)9-4-3-8(12(16)17)5-11(9)13/h3-6H,1-2H3,(H,16,17). The molecule has 4 nitrogen and oxygen atoms in total. The van der Waals surface area contributed by atoms with Crippen LogP contribution in [-0.4, -0.2) is 20.9 Å². The van der Waals surface area contributed by atoms with Gasteiger partial charge >= 0.3 is 5.97 Å². The largest absolute Gasteiger partial charge is 0.478 e. The van der Waals surface area contributed by atoms with E-state index in [9.17, 15) is 4.79 Å². The van der Waals surface area contributed by atoms with Crippen LogP contribution in [0, 0.1) is 6.92 Å². The Morgan fingerprint density at radius 1 is 1.41 bits per heavy atom. The van der Waals surface area contributed by atoms with Gasteiger partial charge in [0.15, 0.2) is 0 Å². The van der Waals surface area contributed by atoms with Crippen molar-refractivity contribution < 1.29 is 9.90 Å². The quantitative estimate of drug-likeness (QED) is 0.892. The second kappa shape index (κ2) is 4.22. The molecule has 1 aromatic heterocycles. The number of aromatic nitrogens is 2. The number of aromatic carboxylic acids is 1. The monoisotopic (exact) mass is 250 g/mol. The van der Waals surface area contributed by atoms with Crippen LogP contribution in [0.25, 0.3) is 11.1 Å². The Balaban J connectivity index is 2.54. The van der Waals surface area contributed by atoms with E-state index >= 15 is 0 Å². The van der Waals surface area contributed by atoms with Crippen molar-refractivity contribution >= 4 is 17.6 Å². The highest BCUT2D eigenvalue weighted by atomic mass is 35.5. The van der Waals surface area contributed by atoms with E-state index in [1.54, 1.807) is 10.7 Å². The third kappa shape index (κ3) is 2.17. The van der Waals surface area contributed by atoms with Crippen molar-refractivity contribution in [1.82, 2.24) is 9.78 Å². The SMILES string of the molecule is Cc1nn(C)cc1-c1ccc(C(=O)O)cc1Cl. The van der Waals surface area contributed by atoms with E-state index in [0.29, 0.717) is 5.02 Å². The van der Waals surface area contributed by atoms with Gasteiger partial charge in [-0.2, -0.15) is 5.10 Å². The summed E-state index contributed by atoms with van der Waals surface area (Å²) in [5.41, 5.74) is 2.74. The predicted octanol–water partition coefficient (Wildman–Crippen LogP) is 2.75. The fourth-order valence-corrected chi connectivity index (χ4v) is 2.01. The molecule has 88 valence electrons. The molecule has 0 unspecified atom stereocenters. The molecule has 0 bridgehead atoms. The molecule has 0 radical (unpaired) electrons. The molecule has 1 N–H and O–H groups in total. The first-order valence-corrected chi connectivity index (χ1v) is 5.40. The first-order chi connectivity index (χ1) is 7.99. The lowest BCUT2D eigenvalue weighted by molar-refractivity contribution is 0.0697. The van der Waals surface area contributed by atoms with E-state index in [1.165, 1.54) is 12.1 Å². The maximum Gasteiger partial charge on any atom is 0.335 e. The van der Waals surface area contributed by atoms with Crippen LogP contribution in [0.1, 0.15) is 16.1 Å². The lowest BCUT2D eigenvalue weighted by Gasteiger charge is -2.03. The van der Waals surface area contributed by atoms with E-state index in [1.807, 2.05) is 20.2 Å². The Morgan fingerprint density at radius 3 is 2.59 bits per heavy atom. The van der Waals surface area contributed by atoms with Crippen molar-refractivity contribution in [3.05, 3.63) is 40.7 Å². The molecular weight excluding hydrogens is 240 g/mol. The highest BCUT2D eigenvalue weighted by molar-refractivity contribution is 6.33. The Hall–Kier alpha value is -1.81. The van der Waals surface area contributed by atoms with E-state index < -0.39 is 5.97 Å². The summed E-state index contributed by atoms with van der Waals surface area (Å²) in [4.78, 5) is 10.8. The third-order valence-electron chi connectivity index (χ3n) is 2.52. The summed E-state index contributed by atoms with van der Waals surface area (Å²) in [6.07, 6.45) is 1.86. The number of rotatable bonds is 2. The first-order valence-electron chi connectivity index (χ1n) is 5.02. The zero-order valence-electron chi connectivity index (χ0n) is 9.44. The van der Waals surface area contributed by atoms with Gasteiger partial charge in [0.25, 0.3) is 0 Å². The van der Waals surface area contributed by atoms with Gasteiger partial charge in [-0.25, -0.2) is 4.79 Å². The topological polar surface area (TPSA) is 55.1 Å². The normalized spacial score (nSPS) is 10.5. The summed E-state index contributed by atoms with van der Waals surface area (Å²) < 4.78 is 1.70. The number of carboxylic acid groups (broad SMARTS) is 1. The minimum absolute atomic E-state index is 0.181. The van der Waals surface area contributed by atoms with Gasteiger partial charge in [0, 0.05) is 29.4 Å². The van der Waals surface area contributed by atoms with Crippen LogP contribution in [0.3, 0.4) is 0 Å². The molecule has 2 rings (SSSR count). The molecule has 0 spiro atoms. The second-order valence-electron chi connectivity index (χ2n) is 3.80. The summed E-state index contributed by atoms with van der Waals surface area (Å²) in [5.74, 6) is -0.985. The average molecular weight is 251 g/mol. The minimum atomic E-state index is -0.985. The Bertz CT molecular complexity index is 590. The van der Waals surface area contributed by atoms with Gasteiger partial charge < -0.3 is 5.11 Å². The maximum atomic E-state index is 10.8. The molecule has 0 saturated heterocycles. The number of halogens is 1. The molecule has 0 atom stereocenters. The first kappa shape index (κ1) is 11.7. The summed E-state index contributed by atoms with van der Waals surface area (Å²) >= 11 is 6.09. The number of hydrogen-bond acceptors (Lipinski definition) is 2. The summed E-state index contributed by atoms with van der Waals surface area (Å²) in [7, 11) is 1.83. The Labute approximate surface area is 103 Å². The molecule has 0 aliphatic rings. The van der Waals surface area contributed by atoms with Crippen LogP contribution in [0.4, 0.5) is 0 Å². The summed E-state index contributed by atoms with van der Waals surface area (Å²) in [6, 6.07) is 4.69. The smallest absolute Gasteiger partial charge is 0.335 e. The van der Waals surface area contributed by atoms with Crippen molar-refractivity contribution in [2.24, 2.45) is 7.05 Å². The maximum absolute atomic E-state index is 10.8. The number of benzene rings is 1. The molecule has 0 saturated carbocycles. The summed E-state index contributed by atoms with van der Waals surface area (Å²) in [6.45, 7) is 1.89. The van der Waals surface area contributed by atoms with E-state index in [-0.39, 0.29) is 5.56 Å². The molecular formula is C12H11ClN2O2. The van der Waals surface area contributed by atoms with Gasteiger partial charge in [-0.3, -0.25) is 4.68 Å². The third-order valence-corrected chi connectivity index (χ3v) is 2.83. The molecule has 17 heavy (non-hydrogen) atoms. The van der Waals surface area contributed by atoms with E-state index in [0.717, 1.165) is 16.8 Å². The van der Waals surface area contributed by atoms with Gasteiger partial charge in [0.05, 0.1) is 11.3 Å². The zero-order valence-corrected chi connectivity index (χ0v) is 10.2. The fourth-order valence-electron chi connectivity index (χ4n) is 1.73. The highest BCUT2D eigenvalue weighted by Gasteiger charge is 2.12. The lowest BCUT2D eigenvalue weighted by atomic mass is 10.0. The number of aryl methyl sites for hydroxylation is 2. The molecule has 1 aromatic carbocycles. The zero-order chi connectivity index (χ0) is 12.6. The van der Waals surface area contributed by atoms with Crippen molar-refractivity contribution in [3.63, 3.8) is 0 Å². The molecule has 0 amide bonds. The highest BCUT2D eigenvalue weighted by Crippen LogP contribution is 2.30. The fraction of sp³-hybridized carbons (Fsp3) is 0.167. The lowest BCUT2D eigenvalue weighted by Crippen LogP contribution is -1.96. The number of carboxylic acids is 1. The van der Waals surface area contributed by atoms with Gasteiger partial charge in [0.2, 0.25) is 0 Å². The van der Waals surface area contributed by atoms with Crippen LogP contribution in [0.5, 0.6) is 0 Å². The molecule has 0 aliphatic heterocycles. The van der Waals surface area contributed by atoms with Gasteiger partial charge in [0.1, 0.15) is 0 Å². The van der Waals surface area contributed by atoms with Crippen molar-refractivity contribution in [3.8, 4) is 11.1 Å². The predicted molar refractivity (Wildman–Crippen MR) is 65.4 cm³/mol.